The molecule has 4 rings (SSSR count). The molecule has 226 valence electrons. The van der Waals surface area contributed by atoms with Crippen molar-refractivity contribution in [3.8, 4) is 23.5 Å². The third-order valence-corrected chi connectivity index (χ3v) is 7.27. The number of fused-ring (bicyclic) bond motifs is 1. The predicted molar refractivity (Wildman–Crippen MR) is 152 cm³/mol. The van der Waals surface area contributed by atoms with Gasteiger partial charge in [-0.1, -0.05) is 26.7 Å². The van der Waals surface area contributed by atoms with E-state index in [9.17, 15) is 19.5 Å². The van der Waals surface area contributed by atoms with Gasteiger partial charge in [-0.2, -0.15) is 0 Å². The van der Waals surface area contributed by atoms with Crippen molar-refractivity contribution in [1.29, 1.82) is 0 Å². The average Bonchev–Trinajstić information content (AvgIpc) is 3.50. The molecule has 1 aliphatic carbocycles. The van der Waals surface area contributed by atoms with Crippen molar-refractivity contribution < 1.29 is 38.4 Å². The fraction of sp³-hybridized carbons (Fsp3) is 0.567. The van der Waals surface area contributed by atoms with Gasteiger partial charge < -0.3 is 34.7 Å². The quantitative estimate of drug-likeness (QED) is 0.215. The maximum Gasteiger partial charge on any atom is 0.408 e. The number of hydrogen-bond acceptors (Lipinski definition) is 10. The highest BCUT2D eigenvalue weighted by Crippen LogP contribution is 2.38. The van der Waals surface area contributed by atoms with Gasteiger partial charge in [-0.15, -0.1) is 0 Å². The van der Waals surface area contributed by atoms with Crippen LogP contribution >= 0.6 is 0 Å². The number of alkyl carbamates (subject to hydrolysis) is 1. The van der Waals surface area contributed by atoms with Crippen LogP contribution in [0.15, 0.2) is 18.2 Å². The summed E-state index contributed by atoms with van der Waals surface area (Å²) in [6.45, 7) is 5.69. The lowest BCUT2D eigenvalue weighted by molar-refractivity contribution is -0.143. The molecule has 0 radical (unpaired) electrons. The molecule has 2 aromatic rings. The summed E-state index contributed by atoms with van der Waals surface area (Å²) in [5.41, 5.74) is 1.02. The number of benzene rings is 1. The molecule has 1 amide bonds. The number of amides is 1. The molecule has 42 heavy (non-hydrogen) atoms. The summed E-state index contributed by atoms with van der Waals surface area (Å²) in [4.78, 5) is 44.9. The van der Waals surface area contributed by atoms with E-state index in [-0.39, 0.29) is 30.0 Å². The number of esters is 1. The van der Waals surface area contributed by atoms with Crippen molar-refractivity contribution in [2.24, 2.45) is 11.3 Å². The molecule has 5 atom stereocenters. The van der Waals surface area contributed by atoms with Gasteiger partial charge in [0.25, 0.3) is 0 Å². The molecule has 2 aliphatic rings. The number of ether oxygens (including phenoxy) is 4. The number of carboxylic acid groups (broad SMARTS) is 1. The molecule has 1 saturated heterocycles. The van der Waals surface area contributed by atoms with Gasteiger partial charge in [-0.05, 0) is 48.6 Å². The van der Waals surface area contributed by atoms with Gasteiger partial charge in [0.05, 0.1) is 25.3 Å². The maximum atomic E-state index is 12.2. The molecule has 0 spiro atoms. The summed E-state index contributed by atoms with van der Waals surface area (Å²) in [6.07, 6.45) is 2.16. The normalized spacial score (nSPS) is 21.9. The van der Waals surface area contributed by atoms with Crippen molar-refractivity contribution in [3.05, 3.63) is 23.9 Å². The number of carboxylic acids is 1. The average molecular weight is 583 g/mol. The zero-order chi connectivity index (χ0) is 30.4. The molecule has 1 saturated carbocycles. The molecule has 0 bridgehead atoms. The maximum absolute atomic E-state index is 12.2. The summed E-state index contributed by atoms with van der Waals surface area (Å²) in [7, 11) is 2.93. The lowest BCUT2D eigenvalue weighted by atomic mass is 9.87. The summed E-state index contributed by atoms with van der Waals surface area (Å²) in [5.74, 6) is 5.97. The van der Waals surface area contributed by atoms with Gasteiger partial charge >= 0.3 is 18.0 Å². The first-order chi connectivity index (χ1) is 20.0. The van der Waals surface area contributed by atoms with Crippen LogP contribution in [0, 0.1) is 23.2 Å². The number of methoxy groups -OCH3 is 2. The number of carbonyl (C=O) groups is 3. The minimum atomic E-state index is -1.10. The number of aliphatic carboxylic acids is 1. The number of nitrogens with one attached hydrogen (secondary N) is 2. The predicted octanol–water partition coefficient (Wildman–Crippen LogP) is 3.06. The van der Waals surface area contributed by atoms with Crippen molar-refractivity contribution in [2.45, 2.75) is 77.2 Å². The Hall–Kier alpha value is -4.11. The Morgan fingerprint density at radius 1 is 1.17 bits per heavy atom. The number of hydrogen-bond donors (Lipinski definition) is 3. The molecule has 1 aromatic heterocycles. The van der Waals surface area contributed by atoms with Crippen LogP contribution in [0.1, 0.15) is 58.6 Å². The number of aromatic nitrogens is 2. The van der Waals surface area contributed by atoms with Crippen molar-refractivity contribution in [2.75, 3.05) is 20.8 Å². The summed E-state index contributed by atoms with van der Waals surface area (Å²) in [6, 6.07) is 3.91. The number of rotatable bonds is 10. The number of unbranched alkanes of at least 4 members (excludes halogenated alkanes) is 1. The molecule has 3 N–H and O–H groups in total. The fourth-order valence-electron chi connectivity index (χ4n) is 4.79. The largest absolute Gasteiger partial charge is 0.497 e. The first-order valence-electron chi connectivity index (χ1n) is 14.0. The van der Waals surface area contributed by atoms with Crippen LogP contribution in [0.4, 0.5) is 4.79 Å². The molecule has 1 unspecified atom stereocenters. The minimum Gasteiger partial charge on any atom is -0.497 e. The van der Waals surface area contributed by atoms with Crippen LogP contribution < -0.4 is 20.1 Å². The highest BCUT2D eigenvalue weighted by Gasteiger charge is 2.41. The Labute approximate surface area is 244 Å². The van der Waals surface area contributed by atoms with E-state index in [0.717, 1.165) is 19.3 Å². The molecular weight excluding hydrogens is 544 g/mol. The molecule has 1 aliphatic heterocycles. The van der Waals surface area contributed by atoms with Crippen LogP contribution in [0.3, 0.4) is 0 Å². The second-order valence-electron chi connectivity index (χ2n) is 11.6. The summed E-state index contributed by atoms with van der Waals surface area (Å²) < 4.78 is 21.7. The van der Waals surface area contributed by atoms with Crippen LogP contribution in [0.25, 0.3) is 11.0 Å². The van der Waals surface area contributed by atoms with E-state index in [1.165, 1.54) is 7.11 Å². The number of nitrogens with zero attached hydrogens (tertiary/aromatic N) is 2. The Morgan fingerprint density at radius 2 is 1.95 bits per heavy atom. The molecule has 12 nitrogen and oxygen atoms in total. The van der Waals surface area contributed by atoms with E-state index >= 15 is 0 Å². The molecule has 1 aromatic carbocycles. The van der Waals surface area contributed by atoms with Crippen molar-refractivity contribution >= 4 is 29.1 Å². The van der Waals surface area contributed by atoms with E-state index < -0.39 is 29.6 Å². The minimum absolute atomic E-state index is 0.218. The lowest BCUT2D eigenvalue weighted by Crippen LogP contribution is -2.49. The van der Waals surface area contributed by atoms with E-state index in [1.54, 1.807) is 40.0 Å². The van der Waals surface area contributed by atoms with Gasteiger partial charge in [0.15, 0.2) is 5.69 Å². The topological polar surface area (TPSA) is 158 Å². The van der Waals surface area contributed by atoms with Gasteiger partial charge in [0.2, 0.25) is 5.88 Å². The third kappa shape index (κ3) is 8.00. The van der Waals surface area contributed by atoms with Crippen molar-refractivity contribution in [1.82, 2.24) is 20.6 Å². The fourth-order valence-corrected chi connectivity index (χ4v) is 4.79. The molecule has 2 fully saturated rings. The number of carbonyl (C=O) groups excluding carboxylic acids is 2. The Kier molecular flexibility index (Phi) is 9.73. The highest BCUT2D eigenvalue weighted by atomic mass is 16.6. The Bertz CT molecular complexity index is 1380. The third-order valence-electron chi connectivity index (χ3n) is 7.27. The van der Waals surface area contributed by atoms with Gasteiger partial charge in [0.1, 0.15) is 30.0 Å². The van der Waals surface area contributed by atoms with Crippen LogP contribution in [-0.4, -0.2) is 78.2 Å². The Morgan fingerprint density at radius 3 is 2.64 bits per heavy atom. The van der Waals surface area contributed by atoms with Gasteiger partial charge in [-0.25, -0.2) is 19.6 Å². The molecular formula is C30H38N4O8. The standard InChI is InChI=1S/C30H38N4O8/c1-30(2,3)25(27(35)36)34-29(38)42-24-13-17(24)9-7-6-8-10-21-26(41-19-15-23(31-16-19)28(37)40-5)33-22-14-18(39-4)11-12-20(22)32-21/h11-12,14,17,19,23-25,31H,6-7,9,13,15-16H2,1-5H3,(H,34,38)(H,35,36)/t17-,19?,23+,24-,25-/m1/s1. The SMILES string of the molecule is COC(=O)[C@@H]1CC(Oc2nc3cc(OC)ccc3nc2C#CCCC[C@@H]2C[C@H]2OC(=O)N[C@H](C(=O)O)C(C)(C)C)CN1. The highest BCUT2D eigenvalue weighted by molar-refractivity contribution is 5.81. The van der Waals surface area contributed by atoms with E-state index in [0.29, 0.717) is 41.9 Å². The summed E-state index contributed by atoms with van der Waals surface area (Å²) >= 11 is 0. The van der Waals surface area contributed by atoms with E-state index in [1.807, 2.05) is 6.07 Å². The monoisotopic (exact) mass is 582 g/mol. The van der Waals surface area contributed by atoms with Gasteiger partial charge in [0, 0.05) is 25.5 Å². The second-order valence-corrected chi connectivity index (χ2v) is 11.6. The lowest BCUT2D eigenvalue weighted by Gasteiger charge is -2.27. The van der Waals surface area contributed by atoms with E-state index in [2.05, 4.69) is 32.4 Å². The van der Waals surface area contributed by atoms with Crippen LogP contribution in [-0.2, 0) is 19.1 Å². The molecule has 12 heteroatoms. The van der Waals surface area contributed by atoms with Gasteiger partial charge in [-0.3, -0.25) is 4.79 Å². The smallest absolute Gasteiger partial charge is 0.408 e. The first-order valence-corrected chi connectivity index (χ1v) is 14.0. The van der Waals surface area contributed by atoms with Crippen LogP contribution in [0.2, 0.25) is 0 Å². The van der Waals surface area contributed by atoms with Crippen LogP contribution in [0.5, 0.6) is 11.6 Å². The molecule has 2 heterocycles. The second kappa shape index (κ2) is 13.2. The zero-order valence-electron chi connectivity index (χ0n) is 24.6. The van der Waals surface area contributed by atoms with E-state index in [4.69, 9.17) is 18.9 Å². The van der Waals surface area contributed by atoms with Crippen molar-refractivity contribution in [3.63, 3.8) is 0 Å². The zero-order valence-corrected chi connectivity index (χ0v) is 24.6. The first kappa shape index (κ1) is 30.8. The summed E-state index contributed by atoms with van der Waals surface area (Å²) in [5, 5.41) is 14.9. The Balaban J connectivity index is 1.33.